The van der Waals surface area contributed by atoms with Gasteiger partial charge in [-0.3, -0.25) is 4.68 Å². The number of halogens is 2. The Labute approximate surface area is 120 Å². The van der Waals surface area contributed by atoms with E-state index in [1.165, 1.54) is 12.1 Å². The van der Waals surface area contributed by atoms with Crippen LogP contribution in [0.5, 0.6) is 0 Å². The molecular formula is C14H14ClFN4. The number of benzene rings is 1. The van der Waals surface area contributed by atoms with Crippen LogP contribution in [-0.2, 0) is 20.0 Å². The van der Waals surface area contributed by atoms with Gasteiger partial charge in [0.1, 0.15) is 11.6 Å². The minimum Gasteiger partial charge on any atom is -0.322 e. The molecule has 0 fully saturated rings. The molecule has 0 radical (unpaired) electrons. The first-order valence-corrected chi connectivity index (χ1v) is 6.90. The van der Waals surface area contributed by atoms with Crippen LogP contribution in [-0.4, -0.2) is 25.2 Å². The van der Waals surface area contributed by atoms with Crippen molar-refractivity contribution in [1.29, 1.82) is 0 Å². The molecule has 20 heavy (non-hydrogen) atoms. The monoisotopic (exact) mass is 292 g/mol. The molecule has 104 valence electrons. The summed E-state index contributed by atoms with van der Waals surface area (Å²) in [6, 6.07) is 6.56. The van der Waals surface area contributed by atoms with Gasteiger partial charge in [-0.1, -0.05) is 0 Å². The predicted octanol–water partition coefficient (Wildman–Crippen LogP) is 2.74. The number of rotatable bonds is 4. The predicted molar refractivity (Wildman–Crippen MR) is 76.4 cm³/mol. The Hall–Kier alpha value is -1.88. The Balaban J connectivity index is 2.09. The van der Waals surface area contributed by atoms with Gasteiger partial charge in [0, 0.05) is 25.5 Å². The van der Waals surface area contributed by atoms with Crippen LogP contribution in [0.25, 0.3) is 11.0 Å². The fraction of sp³-hybridized carbons (Fsp3) is 0.286. The van der Waals surface area contributed by atoms with E-state index in [0.29, 0.717) is 18.8 Å². The van der Waals surface area contributed by atoms with Crippen molar-refractivity contribution in [2.75, 3.05) is 5.88 Å². The number of nitrogens with zero attached hydrogens (tertiary/aromatic N) is 4. The van der Waals surface area contributed by atoms with Crippen molar-refractivity contribution in [1.82, 2.24) is 19.3 Å². The van der Waals surface area contributed by atoms with Gasteiger partial charge in [0.05, 0.1) is 23.3 Å². The van der Waals surface area contributed by atoms with Gasteiger partial charge in [-0.05, 0) is 24.3 Å². The minimum absolute atomic E-state index is 0.267. The van der Waals surface area contributed by atoms with Crippen molar-refractivity contribution in [3.8, 4) is 0 Å². The van der Waals surface area contributed by atoms with E-state index in [1.54, 1.807) is 10.7 Å². The normalized spacial score (nSPS) is 11.3. The topological polar surface area (TPSA) is 35.6 Å². The largest absolute Gasteiger partial charge is 0.322 e. The summed E-state index contributed by atoms with van der Waals surface area (Å²) < 4.78 is 17.2. The van der Waals surface area contributed by atoms with Crippen LogP contribution < -0.4 is 0 Å². The molecule has 0 unspecified atom stereocenters. The Morgan fingerprint density at radius 1 is 1.30 bits per heavy atom. The second-order valence-electron chi connectivity index (χ2n) is 4.67. The second-order valence-corrected chi connectivity index (χ2v) is 5.04. The molecule has 0 saturated carbocycles. The zero-order valence-corrected chi connectivity index (χ0v) is 11.8. The van der Waals surface area contributed by atoms with Crippen LogP contribution in [0.1, 0.15) is 11.5 Å². The number of hydrogen-bond donors (Lipinski definition) is 0. The Morgan fingerprint density at radius 3 is 2.85 bits per heavy atom. The molecule has 0 atom stereocenters. The third-order valence-electron chi connectivity index (χ3n) is 3.20. The highest BCUT2D eigenvalue weighted by Gasteiger charge is 2.12. The lowest BCUT2D eigenvalue weighted by molar-refractivity contribution is 0.627. The molecule has 0 aliphatic rings. The van der Waals surface area contributed by atoms with Gasteiger partial charge in [-0.25, -0.2) is 9.37 Å². The van der Waals surface area contributed by atoms with Gasteiger partial charge in [-0.2, -0.15) is 5.10 Å². The molecule has 0 saturated heterocycles. The third kappa shape index (κ3) is 2.41. The van der Waals surface area contributed by atoms with E-state index >= 15 is 0 Å². The molecule has 4 nitrogen and oxygen atoms in total. The molecule has 2 aromatic heterocycles. The standard InChI is InChI=1S/C14H14ClFN4/c1-19-7-5-11(18-19)9-20-13-8-10(16)2-3-12(13)17-14(20)4-6-15/h2-3,5,7-8H,4,6,9H2,1H3. The van der Waals surface area contributed by atoms with Gasteiger partial charge in [0.2, 0.25) is 0 Å². The maximum atomic E-state index is 13.5. The lowest BCUT2D eigenvalue weighted by atomic mass is 10.3. The molecule has 2 heterocycles. The fourth-order valence-corrected chi connectivity index (χ4v) is 2.48. The highest BCUT2D eigenvalue weighted by Crippen LogP contribution is 2.19. The molecule has 0 aliphatic carbocycles. The molecule has 0 N–H and O–H groups in total. The molecule has 3 rings (SSSR count). The van der Waals surface area contributed by atoms with E-state index in [2.05, 4.69) is 10.1 Å². The third-order valence-corrected chi connectivity index (χ3v) is 3.39. The van der Waals surface area contributed by atoms with Crippen LogP contribution in [0, 0.1) is 5.82 Å². The second kappa shape index (κ2) is 5.25. The SMILES string of the molecule is Cn1ccc(Cn2c(CCCl)nc3ccc(F)cc32)n1. The lowest BCUT2D eigenvalue weighted by Crippen LogP contribution is -2.07. The van der Waals surface area contributed by atoms with Crippen molar-refractivity contribution in [2.24, 2.45) is 7.05 Å². The first kappa shape index (κ1) is 13.1. The highest BCUT2D eigenvalue weighted by molar-refractivity contribution is 6.17. The number of imidazole rings is 1. The van der Waals surface area contributed by atoms with Crippen LogP contribution in [0.4, 0.5) is 4.39 Å². The zero-order chi connectivity index (χ0) is 14.1. The van der Waals surface area contributed by atoms with Gasteiger partial charge in [-0.15, -0.1) is 11.6 Å². The van der Waals surface area contributed by atoms with Crippen molar-refractivity contribution < 1.29 is 4.39 Å². The minimum atomic E-state index is -0.267. The summed E-state index contributed by atoms with van der Waals surface area (Å²) >= 11 is 5.83. The first-order valence-electron chi connectivity index (χ1n) is 6.36. The average Bonchev–Trinajstić information content (AvgIpc) is 2.96. The Morgan fingerprint density at radius 2 is 2.15 bits per heavy atom. The van der Waals surface area contributed by atoms with E-state index < -0.39 is 0 Å². The van der Waals surface area contributed by atoms with E-state index in [0.717, 1.165) is 22.6 Å². The van der Waals surface area contributed by atoms with Gasteiger partial charge < -0.3 is 4.57 Å². The summed E-state index contributed by atoms with van der Waals surface area (Å²) in [7, 11) is 1.87. The molecular weight excluding hydrogens is 279 g/mol. The Bertz CT molecular complexity index is 747. The summed E-state index contributed by atoms with van der Waals surface area (Å²) in [6.45, 7) is 0.563. The van der Waals surface area contributed by atoms with Gasteiger partial charge >= 0.3 is 0 Å². The maximum absolute atomic E-state index is 13.5. The number of fused-ring (bicyclic) bond motifs is 1. The number of hydrogen-bond acceptors (Lipinski definition) is 2. The average molecular weight is 293 g/mol. The van der Waals surface area contributed by atoms with E-state index in [4.69, 9.17) is 11.6 Å². The fourth-order valence-electron chi connectivity index (χ4n) is 2.31. The molecule has 0 spiro atoms. The van der Waals surface area contributed by atoms with Crippen LogP contribution in [0.15, 0.2) is 30.5 Å². The summed E-state index contributed by atoms with van der Waals surface area (Å²) in [5, 5.41) is 4.36. The Kier molecular flexibility index (Phi) is 3.44. The maximum Gasteiger partial charge on any atom is 0.125 e. The summed E-state index contributed by atoms with van der Waals surface area (Å²) in [4.78, 5) is 4.52. The molecule has 3 aromatic rings. The molecule has 6 heteroatoms. The van der Waals surface area contributed by atoms with Crippen molar-refractivity contribution in [3.63, 3.8) is 0 Å². The lowest BCUT2D eigenvalue weighted by Gasteiger charge is -2.06. The quantitative estimate of drug-likeness (QED) is 0.693. The van der Waals surface area contributed by atoms with E-state index in [-0.39, 0.29) is 5.82 Å². The van der Waals surface area contributed by atoms with Crippen molar-refractivity contribution in [3.05, 3.63) is 47.8 Å². The summed E-state index contributed by atoms with van der Waals surface area (Å²) in [5.74, 6) is 1.07. The van der Waals surface area contributed by atoms with Crippen molar-refractivity contribution in [2.45, 2.75) is 13.0 Å². The van der Waals surface area contributed by atoms with Gasteiger partial charge in [0.25, 0.3) is 0 Å². The smallest absolute Gasteiger partial charge is 0.125 e. The number of aryl methyl sites for hydroxylation is 2. The van der Waals surface area contributed by atoms with E-state index in [9.17, 15) is 4.39 Å². The van der Waals surface area contributed by atoms with Gasteiger partial charge in [0.15, 0.2) is 0 Å². The molecule has 0 amide bonds. The molecule has 0 aliphatic heterocycles. The molecule has 1 aromatic carbocycles. The summed E-state index contributed by atoms with van der Waals surface area (Å²) in [6.07, 6.45) is 2.53. The van der Waals surface area contributed by atoms with E-state index in [1.807, 2.05) is 23.9 Å². The highest BCUT2D eigenvalue weighted by atomic mass is 35.5. The zero-order valence-electron chi connectivity index (χ0n) is 11.1. The molecule has 0 bridgehead atoms. The first-order chi connectivity index (χ1) is 9.67. The number of alkyl halides is 1. The number of aromatic nitrogens is 4. The summed E-state index contributed by atoms with van der Waals surface area (Å²) in [5.41, 5.74) is 2.46. The van der Waals surface area contributed by atoms with Crippen LogP contribution >= 0.6 is 11.6 Å². The van der Waals surface area contributed by atoms with Crippen LogP contribution in [0.2, 0.25) is 0 Å². The van der Waals surface area contributed by atoms with Crippen molar-refractivity contribution >= 4 is 22.6 Å². The van der Waals surface area contributed by atoms with Crippen LogP contribution in [0.3, 0.4) is 0 Å².